The predicted octanol–water partition coefficient (Wildman–Crippen LogP) is 5.86. The summed E-state index contributed by atoms with van der Waals surface area (Å²) in [6.07, 6.45) is 3.35. The minimum absolute atomic E-state index is 0.105. The molecule has 0 saturated carbocycles. The lowest BCUT2D eigenvalue weighted by Gasteiger charge is -2.36. The molecule has 1 atom stereocenters. The number of aromatic carboxylic acids is 1. The molecule has 0 unspecified atom stereocenters. The lowest BCUT2D eigenvalue weighted by molar-refractivity contribution is 0.0696. The molecule has 1 fully saturated rings. The topological polar surface area (TPSA) is 95.7 Å². The van der Waals surface area contributed by atoms with Crippen molar-refractivity contribution in [1.29, 1.82) is 0 Å². The summed E-state index contributed by atoms with van der Waals surface area (Å²) in [5.74, 6) is -0.518. The van der Waals surface area contributed by atoms with Gasteiger partial charge in [-0.15, -0.1) is 0 Å². The molecular weight excluding hydrogens is 430 g/mol. The number of rotatable bonds is 4. The number of hydrogen-bond donors (Lipinski definition) is 2. The fraction of sp³-hybridized carbons (Fsp3) is 0.222. The molecule has 2 heterocycles. The lowest BCUT2D eigenvalue weighted by atomic mass is 9.86. The van der Waals surface area contributed by atoms with Crippen LogP contribution in [0.1, 0.15) is 52.5 Å². The average molecular weight is 453 g/mol. The SMILES string of the molecule is C[C@H]1CCCCN1c1cc(Nc2cccc(C(=O)O)c2)c2c3c(onc13)-c1ccccc1C2=O. The van der Waals surface area contributed by atoms with E-state index >= 15 is 0 Å². The van der Waals surface area contributed by atoms with Gasteiger partial charge in [0.1, 0.15) is 5.52 Å². The van der Waals surface area contributed by atoms with E-state index in [0.29, 0.717) is 45.2 Å². The highest BCUT2D eigenvalue weighted by Crippen LogP contribution is 2.47. The van der Waals surface area contributed by atoms with Crippen LogP contribution in [0.25, 0.3) is 22.2 Å². The summed E-state index contributed by atoms with van der Waals surface area (Å²) >= 11 is 0. The van der Waals surface area contributed by atoms with Crippen molar-refractivity contribution in [3.8, 4) is 11.3 Å². The molecule has 7 heteroatoms. The molecule has 1 saturated heterocycles. The molecule has 1 aliphatic heterocycles. The highest BCUT2D eigenvalue weighted by Gasteiger charge is 2.34. The maximum atomic E-state index is 13.7. The van der Waals surface area contributed by atoms with Crippen molar-refractivity contribution in [2.24, 2.45) is 0 Å². The summed E-state index contributed by atoms with van der Waals surface area (Å²) in [6, 6.07) is 16.3. The van der Waals surface area contributed by atoms with Crippen LogP contribution in [0.15, 0.2) is 59.1 Å². The van der Waals surface area contributed by atoms with Crippen LogP contribution in [-0.4, -0.2) is 34.6 Å². The fourth-order valence-corrected chi connectivity index (χ4v) is 5.20. The summed E-state index contributed by atoms with van der Waals surface area (Å²) in [5, 5.41) is 17.9. The lowest BCUT2D eigenvalue weighted by Crippen LogP contribution is -2.37. The second kappa shape index (κ2) is 7.73. The van der Waals surface area contributed by atoms with Crippen LogP contribution in [0.5, 0.6) is 0 Å². The van der Waals surface area contributed by atoms with E-state index in [9.17, 15) is 14.7 Å². The molecule has 4 aromatic rings. The number of carbonyl (C=O) groups is 2. The number of nitrogens with one attached hydrogen (secondary N) is 1. The smallest absolute Gasteiger partial charge is 0.335 e. The van der Waals surface area contributed by atoms with Gasteiger partial charge in [0.25, 0.3) is 0 Å². The van der Waals surface area contributed by atoms with Crippen LogP contribution in [0.2, 0.25) is 0 Å². The molecule has 1 aliphatic carbocycles. The molecular formula is C27H23N3O4. The first-order chi connectivity index (χ1) is 16.5. The van der Waals surface area contributed by atoms with Gasteiger partial charge >= 0.3 is 5.97 Å². The van der Waals surface area contributed by atoms with Gasteiger partial charge in [-0.05, 0) is 50.5 Å². The van der Waals surface area contributed by atoms with Crippen LogP contribution in [0, 0.1) is 0 Å². The summed E-state index contributed by atoms with van der Waals surface area (Å²) in [4.78, 5) is 27.5. The molecule has 2 aliphatic rings. The second-order valence-corrected chi connectivity index (χ2v) is 8.98. The van der Waals surface area contributed by atoms with Gasteiger partial charge in [-0.2, -0.15) is 0 Å². The summed E-state index contributed by atoms with van der Waals surface area (Å²) in [5.41, 5.74) is 4.80. The number of carbonyl (C=O) groups excluding carboxylic acids is 1. The monoisotopic (exact) mass is 453 g/mol. The van der Waals surface area contributed by atoms with Gasteiger partial charge in [-0.3, -0.25) is 4.79 Å². The predicted molar refractivity (Wildman–Crippen MR) is 130 cm³/mol. The second-order valence-electron chi connectivity index (χ2n) is 8.98. The highest BCUT2D eigenvalue weighted by molar-refractivity contribution is 6.28. The largest absolute Gasteiger partial charge is 0.478 e. The van der Waals surface area contributed by atoms with Crippen molar-refractivity contribution < 1.29 is 19.2 Å². The molecule has 34 heavy (non-hydrogen) atoms. The van der Waals surface area contributed by atoms with E-state index in [2.05, 4.69) is 22.3 Å². The Kier molecular flexibility index (Phi) is 4.65. The Balaban J connectivity index is 1.60. The number of carboxylic acid groups (broad SMARTS) is 1. The Morgan fingerprint density at radius 2 is 1.94 bits per heavy atom. The summed E-state index contributed by atoms with van der Waals surface area (Å²) in [6.45, 7) is 3.10. The van der Waals surface area contributed by atoms with Crippen molar-refractivity contribution in [2.45, 2.75) is 32.2 Å². The number of aromatic nitrogens is 1. The van der Waals surface area contributed by atoms with Crippen LogP contribution in [-0.2, 0) is 0 Å². The molecule has 1 aromatic heterocycles. The van der Waals surface area contributed by atoms with Gasteiger partial charge < -0.3 is 19.8 Å². The Hall–Kier alpha value is -4.13. The van der Waals surface area contributed by atoms with Gasteiger partial charge in [0.05, 0.1) is 27.9 Å². The molecule has 0 amide bonds. The number of ketones is 1. The summed E-state index contributed by atoms with van der Waals surface area (Å²) < 4.78 is 5.86. The fourth-order valence-electron chi connectivity index (χ4n) is 5.20. The molecule has 3 aromatic carbocycles. The molecule has 0 bridgehead atoms. The number of fused-ring (bicyclic) bond motifs is 2. The molecule has 7 nitrogen and oxygen atoms in total. The molecule has 6 rings (SSSR count). The number of carboxylic acids is 1. The highest BCUT2D eigenvalue weighted by atomic mass is 16.5. The first-order valence-electron chi connectivity index (χ1n) is 11.5. The zero-order valence-corrected chi connectivity index (χ0v) is 18.7. The van der Waals surface area contributed by atoms with Crippen molar-refractivity contribution in [2.75, 3.05) is 16.8 Å². The van der Waals surface area contributed by atoms with Gasteiger partial charge in [0.2, 0.25) is 0 Å². The minimum atomic E-state index is -1.01. The minimum Gasteiger partial charge on any atom is -0.478 e. The van der Waals surface area contributed by atoms with Crippen molar-refractivity contribution in [1.82, 2.24) is 5.16 Å². The van der Waals surface area contributed by atoms with Crippen LogP contribution >= 0.6 is 0 Å². The van der Waals surface area contributed by atoms with Crippen LogP contribution in [0.3, 0.4) is 0 Å². The molecule has 2 N–H and O–H groups in total. The summed E-state index contributed by atoms with van der Waals surface area (Å²) in [7, 11) is 0. The van der Waals surface area contributed by atoms with Crippen molar-refractivity contribution in [3.05, 3.63) is 71.3 Å². The van der Waals surface area contributed by atoms with E-state index in [1.54, 1.807) is 30.3 Å². The molecule has 170 valence electrons. The van der Waals surface area contributed by atoms with Crippen LogP contribution in [0.4, 0.5) is 17.1 Å². The normalized spacial score (nSPS) is 17.0. The Morgan fingerprint density at radius 1 is 1.12 bits per heavy atom. The quantitative estimate of drug-likeness (QED) is 0.352. The standard InChI is InChI=1S/C27H23N3O4/c1-15-7-4-5-12-30(15)21-14-20(28-17-9-6-8-16(13-17)27(32)33)22-23-24(21)29-34-26(23)19-11-3-2-10-18(19)25(22)31/h2-3,6,8-11,13-15,28H,4-5,7,12H2,1H3,(H,32,33)/t15-/m0/s1. The van der Waals surface area contributed by atoms with E-state index in [4.69, 9.17) is 4.52 Å². The van der Waals surface area contributed by atoms with Crippen molar-refractivity contribution >= 4 is 39.7 Å². The number of benzene rings is 3. The van der Waals surface area contributed by atoms with Crippen molar-refractivity contribution in [3.63, 3.8) is 0 Å². The number of nitrogens with zero attached hydrogens (tertiary/aromatic N) is 2. The van der Waals surface area contributed by atoms with Crippen LogP contribution < -0.4 is 10.2 Å². The van der Waals surface area contributed by atoms with E-state index in [1.807, 2.05) is 24.3 Å². The van der Waals surface area contributed by atoms with Gasteiger partial charge in [0, 0.05) is 29.4 Å². The number of hydrogen-bond acceptors (Lipinski definition) is 6. The van der Waals surface area contributed by atoms with Gasteiger partial charge in [-0.25, -0.2) is 4.79 Å². The third-order valence-electron chi connectivity index (χ3n) is 6.88. The van der Waals surface area contributed by atoms with E-state index < -0.39 is 5.97 Å². The zero-order valence-electron chi connectivity index (χ0n) is 18.7. The number of anilines is 3. The van der Waals surface area contributed by atoms with Gasteiger partial charge in [0.15, 0.2) is 11.5 Å². The zero-order chi connectivity index (χ0) is 23.4. The van der Waals surface area contributed by atoms with E-state index in [1.165, 1.54) is 6.42 Å². The third kappa shape index (κ3) is 3.08. The van der Waals surface area contributed by atoms with E-state index in [0.717, 1.165) is 30.6 Å². The molecule has 0 radical (unpaired) electrons. The molecule has 0 spiro atoms. The van der Waals surface area contributed by atoms with E-state index in [-0.39, 0.29) is 11.3 Å². The Bertz CT molecular complexity index is 1470. The third-order valence-corrected chi connectivity index (χ3v) is 6.88. The maximum absolute atomic E-state index is 13.7. The number of piperidine rings is 1. The Labute approximate surface area is 196 Å². The maximum Gasteiger partial charge on any atom is 0.335 e. The van der Waals surface area contributed by atoms with Gasteiger partial charge in [-0.1, -0.05) is 35.5 Å². The first kappa shape index (κ1) is 20.5. The first-order valence-corrected chi connectivity index (χ1v) is 11.5. The Morgan fingerprint density at radius 3 is 2.74 bits per heavy atom. The average Bonchev–Trinajstić information content (AvgIpc) is 3.29.